The normalized spacial score (nSPS) is 16.5. The molecule has 2 aromatic carbocycles. The number of ether oxygens (including phenoxy) is 4. The van der Waals surface area contributed by atoms with Crippen molar-refractivity contribution in [2.24, 2.45) is 11.8 Å². The lowest BCUT2D eigenvalue weighted by Crippen LogP contribution is -2.30. The van der Waals surface area contributed by atoms with Crippen molar-refractivity contribution in [1.82, 2.24) is 0 Å². The fraction of sp³-hybridized carbons (Fsp3) is 0.414. The van der Waals surface area contributed by atoms with Crippen LogP contribution in [0.1, 0.15) is 51.4 Å². The average molecular weight is 585 g/mol. The minimum absolute atomic E-state index is 0.0980. The van der Waals surface area contributed by atoms with E-state index < -0.39 is 64.6 Å². The van der Waals surface area contributed by atoms with E-state index >= 15 is 0 Å². The molecule has 0 spiro atoms. The summed E-state index contributed by atoms with van der Waals surface area (Å²) in [6.45, 7) is 4.17. The van der Waals surface area contributed by atoms with Crippen molar-refractivity contribution in [3.8, 4) is 17.2 Å². The first-order chi connectivity index (χ1) is 19.6. The minimum Gasteiger partial charge on any atom is -0.494 e. The molecule has 0 amide bonds. The fourth-order valence-electron chi connectivity index (χ4n) is 4.21. The summed E-state index contributed by atoms with van der Waals surface area (Å²) in [4.78, 5) is 35.8. The zero-order valence-corrected chi connectivity index (χ0v) is 22.1. The Labute approximate surface area is 233 Å². The summed E-state index contributed by atoms with van der Waals surface area (Å²) in [6, 6.07) is 6.47. The fourth-order valence-corrected chi connectivity index (χ4v) is 4.21. The van der Waals surface area contributed by atoms with Crippen molar-refractivity contribution < 1.29 is 55.3 Å². The minimum atomic E-state index is -2.35. The standard InChI is InChI=1S/C29H29F5O7/c1-2-21(35)39-16-6-4-3-5-15-38-19-11-13-20(14-12-19)40-28(36)17-7-9-18(10-8-17)29(37)41-27-25(33)23(31)22(30)24(32)26(27)34/h2,11-14,17-18H,1,3-10,15-16H2. The van der Waals surface area contributed by atoms with E-state index in [0.717, 1.165) is 31.8 Å². The van der Waals surface area contributed by atoms with Gasteiger partial charge in [-0.25, -0.2) is 18.0 Å². The molecule has 222 valence electrons. The maximum absolute atomic E-state index is 13.8. The number of unbranched alkanes of at least 4 members (excludes halogenated alkanes) is 3. The first-order valence-electron chi connectivity index (χ1n) is 13.1. The smallest absolute Gasteiger partial charge is 0.330 e. The molecule has 3 rings (SSSR count). The molecule has 0 unspecified atom stereocenters. The summed E-state index contributed by atoms with van der Waals surface area (Å²) < 4.78 is 88.0. The van der Waals surface area contributed by atoms with E-state index in [-0.39, 0.29) is 25.7 Å². The maximum Gasteiger partial charge on any atom is 0.330 e. The topological polar surface area (TPSA) is 88.1 Å². The number of rotatable bonds is 13. The summed E-state index contributed by atoms with van der Waals surface area (Å²) in [5.74, 6) is -15.5. The van der Waals surface area contributed by atoms with Crippen LogP contribution < -0.4 is 14.2 Å². The van der Waals surface area contributed by atoms with Gasteiger partial charge in [0.15, 0.2) is 0 Å². The van der Waals surface area contributed by atoms with Crippen molar-refractivity contribution in [3.63, 3.8) is 0 Å². The molecule has 0 bridgehead atoms. The lowest BCUT2D eigenvalue weighted by molar-refractivity contribution is -0.145. The van der Waals surface area contributed by atoms with E-state index in [1.807, 2.05) is 0 Å². The van der Waals surface area contributed by atoms with Gasteiger partial charge in [0.05, 0.1) is 25.0 Å². The average Bonchev–Trinajstić information content (AvgIpc) is 2.99. The molecule has 1 aliphatic carbocycles. The maximum atomic E-state index is 13.8. The second kappa shape index (κ2) is 15.2. The summed E-state index contributed by atoms with van der Waals surface area (Å²) in [5, 5.41) is 0. The van der Waals surface area contributed by atoms with Crippen LogP contribution in [0.3, 0.4) is 0 Å². The van der Waals surface area contributed by atoms with Crippen molar-refractivity contribution in [1.29, 1.82) is 0 Å². The first-order valence-corrected chi connectivity index (χ1v) is 13.1. The molecule has 0 N–H and O–H groups in total. The quantitative estimate of drug-likeness (QED) is 0.0515. The zero-order valence-electron chi connectivity index (χ0n) is 22.1. The van der Waals surface area contributed by atoms with Crippen LogP contribution in [0.5, 0.6) is 17.2 Å². The van der Waals surface area contributed by atoms with Crippen LogP contribution in [0.4, 0.5) is 22.0 Å². The molecule has 0 saturated heterocycles. The molecule has 1 fully saturated rings. The molecular formula is C29H29F5O7. The Kier molecular flexibility index (Phi) is 11.7. The second-order valence-corrected chi connectivity index (χ2v) is 9.40. The van der Waals surface area contributed by atoms with Gasteiger partial charge in [0.25, 0.3) is 0 Å². The summed E-state index contributed by atoms with van der Waals surface area (Å²) in [7, 11) is 0. The lowest BCUT2D eigenvalue weighted by atomic mass is 9.82. The third kappa shape index (κ3) is 8.76. The van der Waals surface area contributed by atoms with E-state index in [9.17, 15) is 36.3 Å². The Morgan fingerprint density at radius 3 is 1.68 bits per heavy atom. The Morgan fingerprint density at radius 1 is 0.683 bits per heavy atom. The number of hydrogen-bond donors (Lipinski definition) is 0. The molecule has 41 heavy (non-hydrogen) atoms. The predicted molar refractivity (Wildman–Crippen MR) is 135 cm³/mol. The van der Waals surface area contributed by atoms with Crippen LogP contribution in [0, 0.1) is 40.9 Å². The number of hydrogen-bond acceptors (Lipinski definition) is 7. The molecule has 1 saturated carbocycles. The third-order valence-corrected chi connectivity index (χ3v) is 6.53. The zero-order chi connectivity index (χ0) is 29.9. The van der Waals surface area contributed by atoms with E-state index in [2.05, 4.69) is 11.3 Å². The van der Waals surface area contributed by atoms with Gasteiger partial charge in [-0.05, 0) is 75.6 Å². The highest BCUT2D eigenvalue weighted by atomic mass is 19.2. The lowest BCUT2D eigenvalue weighted by Gasteiger charge is -2.26. The molecule has 1 aliphatic rings. The van der Waals surface area contributed by atoms with Gasteiger partial charge >= 0.3 is 17.9 Å². The molecule has 12 heteroatoms. The van der Waals surface area contributed by atoms with Crippen molar-refractivity contribution in [2.45, 2.75) is 51.4 Å². The van der Waals surface area contributed by atoms with Crippen LogP contribution in [-0.2, 0) is 19.1 Å². The largest absolute Gasteiger partial charge is 0.494 e. The Bertz CT molecular complexity index is 1210. The molecule has 0 aromatic heterocycles. The Balaban J connectivity index is 1.37. The third-order valence-electron chi connectivity index (χ3n) is 6.53. The molecule has 7 nitrogen and oxygen atoms in total. The monoisotopic (exact) mass is 584 g/mol. The number of benzene rings is 2. The van der Waals surface area contributed by atoms with E-state index in [1.165, 1.54) is 0 Å². The highest BCUT2D eigenvalue weighted by Crippen LogP contribution is 2.34. The van der Waals surface area contributed by atoms with Crippen LogP contribution in [0.2, 0.25) is 0 Å². The van der Waals surface area contributed by atoms with Crippen molar-refractivity contribution in [2.75, 3.05) is 13.2 Å². The molecule has 0 atom stereocenters. The Morgan fingerprint density at radius 2 is 1.15 bits per heavy atom. The summed E-state index contributed by atoms with van der Waals surface area (Å²) in [6.07, 6.45) is 5.07. The van der Waals surface area contributed by atoms with Gasteiger partial charge in [-0.1, -0.05) is 6.58 Å². The highest BCUT2D eigenvalue weighted by Gasteiger charge is 2.34. The number of halogens is 5. The van der Waals surface area contributed by atoms with Crippen molar-refractivity contribution >= 4 is 17.9 Å². The van der Waals surface area contributed by atoms with Gasteiger partial charge in [-0.15, -0.1) is 0 Å². The summed E-state index contributed by atoms with van der Waals surface area (Å²) >= 11 is 0. The van der Waals surface area contributed by atoms with Gasteiger partial charge in [0, 0.05) is 6.08 Å². The van der Waals surface area contributed by atoms with Crippen molar-refractivity contribution in [3.05, 3.63) is 66.0 Å². The number of esters is 3. The predicted octanol–water partition coefficient (Wildman–Crippen LogP) is 6.37. The van der Waals surface area contributed by atoms with Gasteiger partial charge in [0.1, 0.15) is 11.5 Å². The van der Waals surface area contributed by atoms with Gasteiger partial charge in [0.2, 0.25) is 34.8 Å². The summed E-state index contributed by atoms with van der Waals surface area (Å²) in [5.41, 5.74) is 0. The van der Waals surface area contributed by atoms with Gasteiger partial charge in [-0.2, -0.15) is 8.78 Å². The molecule has 0 heterocycles. The van der Waals surface area contributed by atoms with E-state index in [4.69, 9.17) is 14.2 Å². The first kappa shape index (κ1) is 31.6. The second-order valence-electron chi connectivity index (χ2n) is 9.40. The molecule has 2 aromatic rings. The van der Waals surface area contributed by atoms with Crippen LogP contribution in [-0.4, -0.2) is 31.1 Å². The highest BCUT2D eigenvalue weighted by molar-refractivity contribution is 5.81. The van der Waals surface area contributed by atoms with Crippen LogP contribution in [0.15, 0.2) is 36.9 Å². The molecule has 0 aliphatic heterocycles. The number of carbonyl (C=O) groups excluding carboxylic acids is 3. The van der Waals surface area contributed by atoms with Gasteiger partial charge in [-0.3, -0.25) is 9.59 Å². The number of carbonyl (C=O) groups is 3. The molecule has 0 radical (unpaired) electrons. The van der Waals surface area contributed by atoms with E-state index in [0.29, 0.717) is 24.7 Å². The SMILES string of the molecule is C=CC(=O)OCCCCCCOc1ccc(OC(=O)C2CCC(C(=O)Oc3c(F)c(F)c(F)c(F)c3F)CC2)cc1. The van der Waals surface area contributed by atoms with Crippen LogP contribution in [0.25, 0.3) is 0 Å². The van der Waals surface area contributed by atoms with Crippen LogP contribution >= 0.6 is 0 Å². The van der Waals surface area contributed by atoms with Gasteiger partial charge < -0.3 is 18.9 Å². The van der Waals surface area contributed by atoms with E-state index in [1.54, 1.807) is 24.3 Å². The molecular weight excluding hydrogens is 555 g/mol. The Hall–Kier alpha value is -3.96.